The highest BCUT2D eigenvalue weighted by Crippen LogP contribution is 2.14. The van der Waals surface area contributed by atoms with Crippen molar-refractivity contribution < 1.29 is 9.53 Å². The molecule has 2 rings (SSSR count). The summed E-state index contributed by atoms with van der Waals surface area (Å²) in [6, 6.07) is 9.93. The van der Waals surface area contributed by atoms with E-state index < -0.39 is 0 Å². The van der Waals surface area contributed by atoms with Gasteiger partial charge in [-0.05, 0) is 44.5 Å². The standard InChI is InChI=1S/C16H20N2O2/c1-12(2)18-9-8-15(17-18)11-20-16-6-4-14(5-7-16)10-13(3)19/h4-9,12H,10-11H2,1-3H3. The summed E-state index contributed by atoms with van der Waals surface area (Å²) in [6.45, 7) is 6.22. The Bertz CT molecular complexity index is 570. The van der Waals surface area contributed by atoms with Gasteiger partial charge in [-0.1, -0.05) is 12.1 Å². The van der Waals surface area contributed by atoms with Crippen LogP contribution < -0.4 is 4.74 Å². The molecule has 0 bridgehead atoms. The second-order valence-corrected chi connectivity index (χ2v) is 5.19. The Morgan fingerprint density at radius 3 is 2.50 bits per heavy atom. The van der Waals surface area contributed by atoms with Crippen molar-refractivity contribution in [2.45, 2.75) is 39.8 Å². The van der Waals surface area contributed by atoms with Crippen LogP contribution in [0.15, 0.2) is 36.5 Å². The van der Waals surface area contributed by atoms with Gasteiger partial charge >= 0.3 is 0 Å². The van der Waals surface area contributed by atoms with Gasteiger partial charge in [0.25, 0.3) is 0 Å². The van der Waals surface area contributed by atoms with E-state index in [-0.39, 0.29) is 5.78 Å². The minimum Gasteiger partial charge on any atom is -0.487 e. The van der Waals surface area contributed by atoms with Gasteiger partial charge in [0.15, 0.2) is 0 Å². The van der Waals surface area contributed by atoms with Crippen LogP contribution in [-0.2, 0) is 17.8 Å². The Morgan fingerprint density at radius 1 is 1.25 bits per heavy atom. The molecule has 0 aliphatic heterocycles. The molecule has 0 saturated heterocycles. The third-order valence-electron chi connectivity index (χ3n) is 2.96. The molecule has 0 aliphatic rings. The van der Waals surface area contributed by atoms with Crippen LogP contribution in [0.3, 0.4) is 0 Å². The lowest BCUT2D eigenvalue weighted by Crippen LogP contribution is -2.03. The van der Waals surface area contributed by atoms with Crippen molar-refractivity contribution in [1.29, 1.82) is 0 Å². The first-order valence-corrected chi connectivity index (χ1v) is 6.80. The van der Waals surface area contributed by atoms with Crippen molar-refractivity contribution in [2.24, 2.45) is 0 Å². The highest BCUT2D eigenvalue weighted by Gasteiger charge is 2.03. The molecule has 4 nitrogen and oxygen atoms in total. The Morgan fingerprint density at radius 2 is 1.95 bits per heavy atom. The van der Waals surface area contributed by atoms with Crippen molar-refractivity contribution in [1.82, 2.24) is 9.78 Å². The summed E-state index contributed by atoms with van der Waals surface area (Å²) in [4.78, 5) is 11.0. The highest BCUT2D eigenvalue weighted by atomic mass is 16.5. The number of Topliss-reactive ketones (excluding diaryl/α,β-unsaturated/α-hetero) is 1. The number of nitrogens with zero attached hydrogens (tertiary/aromatic N) is 2. The van der Waals surface area contributed by atoms with Gasteiger partial charge in [-0.15, -0.1) is 0 Å². The number of carbonyl (C=O) groups is 1. The topological polar surface area (TPSA) is 44.1 Å². The van der Waals surface area contributed by atoms with Crippen LogP contribution in [0.5, 0.6) is 5.75 Å². The maximum atomic E-state index is 11.0. The van der Waals surface area contributed by atoms with E-state index in [1.54, 1.807) is 6.92 Å². The quantitative estimate of drug-likeness (QED) is 0.811. The van der Waals surface area contributed by atoms with Gasteiger partial charge in [0.1, 0.15) is 18.1 Å². The smallest absolute Gasteiger partial charge is 0.134 e. The number of hydrogen-bond donors (Lipinski definition) is 0. The number of carbonyl (C=O) groups excluding carboxylic acids is 1. The number of ketones is 1. The fourth-order valence-electron chi connectivity index (χ4n) is 1.89. The van der Waals surface area contributed by atoms with Crippen LogP contribution in [0.4, 0.5) is 0 Å². The van der Waals surface area contributed by atoms with E-state index in [0.717, 1.165) is 17.0 Å². The van der Waals surface area contributed by atoms with E-state index in [2.05, 4.69) is 18.9 Å². The molecule has 106 valence electrons. The molecule has 0 atom stereocenters. The highest BCUT2D eigenvalue weighted by molar-refractivity contribution is 5.78. The van der Waals surface area contributed by atoms with E-state index in [9.17, 15) is 4.79 Å². The van der Waals surface area contributed by atoms with Crippen molar-refractivity contribution in [3.05, 3.63) is 47.8 Å². The molecule has 0 unspecified atom stereocenters. The Labute approximate surface area is 119 Å². The average molecular weight is 272 g/mol. The number of rotatable bonds is 6. The second-order valence-electron chi connectivity index (χ2n) is 5.19. The normalized spacial score (nSPS) is 10.8. The van der Waals surface area contributed by atoms with E-state index in [0.29, 0.717) is 19.1 Å². The van der Waals surface area contributed by atoms with Gasteiger partial charge in [-0.3, -0.25) is 9.48 Å². The minimum atomic E-state index is 0.165. The van der Waals surface area contributed by atoms with E-state index in [1.165, 1.54) is 0 Å². The monoisotopic (exact) mass is 272 g/mol. The molecule has 0 radical (unpaired) electrons. The minimum absolute atomic E-state index is 0.165. The van der Waals surface area contributed by atoms with Gasteiger partial charge < -0.3 is 4.74 Å². The van der Waals surface area contributed by atoms with Gasteiger partial charge in [-0.25, -0.2) is 0 Å². The molecule has 0 N–H and O–H groups in total. The van der Waals surface area contributed by atoms with Crippen molar-refractivity contribution >= 4 is 5.78 Å². The predicted molar refractivity (Wildman–Crippen MR) is 77.8 cm³/mol. The van der Waals surface area contributed by atoms with Crippen LogP contribution in [-0.4, -0.2) is 15.6 Å². The van der Waals surface area contributed by atoms with E-state index in [4.69, 9.17) is 4.74 Å². The van der Waals surface area contributed by atoms with Gasteiger partial charge in [0.2, 0.25) is 0 Å². The summed E-state index contributed by atoms with van der Waals surface area (Å²) in [5.74, 6) is 0.953. The van der Waals surface area contributed by atoms with Crippen molar-refractivity contribution in [2.75, 3.05) is 0 Å². The molecule has 2 aromatic rings. The number of ether oxygens (including phenoxy) is 1. The molecular weight excluding hydrogens is 252 g/mol. The summed E-state index contributed by atoms with van der Waals surface area (Å²) < 4.78 is 7.60. The first kappa shape index (κ1) is 14.3. The van der Waals surface area contributed by atoms with Gasteiger partial charge in [-0.2, -0.15) is 5.10 Å². The van der Waals surface area contributed by atoms with Crippen LogP contribution in [0.1, 0.15) is 38.1 Å². The predicted octanol–water partition coefficient (Wildman–Crippen LogP) is 3.17. The number of aromatic nitrogens is 2. The zero-order valence-electron chi connectivity index (χ0n) is 12.2. The number of benzene rings is 1. The lowest BCUT2D eigenvalue weighted by molar-refractivity contribution is -0.116. The molecule has 0 saturated carbocycles. The number of hydrogen-bond acceptors (Lipinski definition) is 3. The van der Waals surface area contributed by atoms with Crippen LogP contribution in [0.25, 0.3) is 0 Å². The summed E-state index contributed by atoms with van der Waals surface area (Å²) in [5, 5.41) is 4.43. The summed E-state index contributed by atoms with van der Waals surface area (Å²) in [5.41, 5.74) is 1.92. The first-order chi connectivity index (χ1) is 9.54. The van der Waals surface area contributed by atoms with Crippen molar-refractivity contribution in [3.8, 4) is 5.75 Å². The molecule has 0 aliphatic carbocycles. The fraction of sp³-hybridized carbons (Fsp3) is 0.375. The molecule has 1 aromatic heterocycles. The molecular formula is C16H20N2O2. The first-order valence-electron chi connectivity index (χ1n) is 6.80. The largest absolute Gasteiger partial charge is 0.487 e. The lowest BCUT2D eigenvalue weighted by Gasteiger charge is -2.06. The molecule has 0 amide bonds. The van der Waals surface area contributed by atoms with E-state index >= 15 is 0 Å². The van der Waals surface area contributed by atoms with Gasteiger partial charge in [0.05, 0.1) is 5.69 Å². The third kappa shape index (κ3) is 3.95. The third-order valence-corrected chi connectivity index (χ3v) is 2.96. The molecule has 20 heavy (non-hydrogen) atoms. The molecule has 1 aromatic carbocycles. The Balaban J connectivity index is 1.91. The molecule has 1 heterocycles. The van der Waals surface area contributed by atoms with Crippen LogP contribution in [0.2, 0.25) is 0 Å². The van der Waals surface area contributed by atoms with Crippen molar-refractivity contribution in [3.63, 3.8) is 0 Å². The Kier molecular flexibility index (Phi) is 4.56. The fourth-order valence-corrected chi connectivity index (χ4v) is 1.89. The zero-order chi connectivity index (χ0) is 14.5. The Hall–Kier alpha value is -2.10. The second kappa shape index (κ2) is 6.37. The maximum Gasteiger partial charge on any atom is 0.134 e. The van der Waals surface area contributed by atoms with Crippen LogP contribution >= 0.6 is 0 Å². The zero-order valence-corrected chi connectivity index (χ0v) is 12.2. The average Bonchev–Trinajstić information content (AvgIpc) is 2.86. The SMILES string of the molecule is CC(=O)Cc1ccc(OCc2ccn(C(C)C)n2)cc1. The van der Waals surface area contributed by atoms with Gasteiger partial charge in [0, 0.05) is 18.7 Å². The summed E-state index contributed by atoms with van der Waals surface area (Å²) in [6.07, 6.45) is 2.43. The molecule has 0 fully saturated rings. The summed E-state index contributed by atoms with van der Waals surface area (Å²) >= 11 is 0. The lowest BCUT2D eigenvalue weighted by atomic mass is 10.1. The van der Waals surface area contributed by atoms with E-state index in [1.807, 2.05) is 41.2 Å². The maximum absolute atomic E-state index is 11.0. The van der Waals surface area contributed by atoms with Crippen LogP contribution in [0, 0.1) is 0 Å². The molecule has 0 spiro atoms. The summed E-state index contributed by atoms with van der Waals surface area (Å²) in [7, 11) is 0. The molecule has 4 heteroatoms.